The fourth-order valence-electron chi connectivity index (χ4n) is 2.23. The molecule has 0 nitrogen and oxygen atoms in total. The Labute approximate surface area is 139 Å². The van der Waals surface area contributed by atoms with Crippen LogP contribution >= 0.6 is 0 Å². The monoisotopic (exact) mass is 306 g/mol. The Morgan fingerprint density at radius 1 is 0.913 bits per heavy atom. The van der Waals surface area contributed by atoms with Crippen LogP contribution in [0.1, 0.15) is 55.4 Å². The van der Waals surface area contributed by atoms with Gasteiger partial charge in [0.05, 0.1) is 0 Å². The quantitative estimate of drug-likeness (QED) is 0.459. The zero-order valence-electron chi connectivity index (χ0n) is 13.9. The summed E-state index contributed by atoms with van der Waals surface area (Å²) in [5, 5.41) is 0. The smallest absolute Gasteiger partial charge is 0.126 e. The number of unbranched alkanes of at least 4 members (excludes halogenated alkanes) is 2. The molecule has 2 rings (SSSR count). The van der Waals surface area contributed by atoms with E-state index in [9.17, 15) is 4.39 Å². The number of rotatable bonds is 5. The Hall–Kier alpha value is -2.33. The van der Waals surface area contributed by atoms with Crippen molar-refractivity contribution in [2.24, 2.45) is 0 Å². The lowest BCUT2D eigenvalue weighted by atomic mass is 10.1. The molecule has 0 unspecified atom stereocenters. The summed E-state index contributed by atoms with van der Waals surface area (Å²) >= 11 is 0. The van der Waals surface area contributed by atoms with Crippen molar-refractivity contribution in [2.45, 2.75) is 39.5 Å². The van der Waals surface area contributed by atoms with Crippen molar-refractivity contribution in [1.82, 2.24) is 0 Å². The molecule has 0 spiro atoms. The summed E-state index contributed by atoms with van der Waals surface area (Å²) in [6.45, 7) is 4.24. The van der Waals surface area contributed by atoms with Crippen molar-refractivity contribution < 1.29 is 4.39 Å². The van der Waals surface area contributed by atoms with Gasteiger partial charge in [-0.1, -0.05) is 56.4 Å². The molecule has 0 fully saturated rings. The van der Waals surface area contributed by atoms with Crippen LogP contribution in [-0.4, -0.2) is 0 Å². The molecule has 0 saturated heterocycles. The van der Waals surface area contributed by atoms with Crippen molar-refractivity contribution in [3.8, 4) is 11.8 Å². The molecule has 0 aromatic heterocycles. The number of hydrogen-bond donors (Lipinski definition) is 0. The first-order valence-electron chi connectivity index (χ1n) is 8.30. The van der Waals surface area contributed by atoms with Gasteiger partial charge in [0, 0.05) is 16.7 Å². The highest BCUT2D eigenvalue weighted by atomic mass is 19.1. The first-order valence-corrected chi connectivity index (χ1v) is 8.30. The molecule has 23 heavy (non-hydrogen) atoms. The molecule has 0 N–H and O–H groups in total. The molecule has 0 aliphatic heterocycles. The van der Waals surface area contributed by atoms with Gasteiger partial charge in [0.25, 0.3) is 0 Å². The van der Waals surface area contributed by atoms with E-state index >= 15 is 0 Å². The number of aryl methyl sites for hydroxylation is 1. The van der Waals surface area contributed by atoms with Gasteiger partial charge in [0.15, 0.2) is 0 Å². The zero-order valence-corrected chi connectivity index (χ0v) is 13.9. The van der Waals surface area contributed by atoms with Crippen molar-refractivity contribution in [1.29, 1.82) is 0 Å². The van der Waals surface area contributed by atoms with E-state index in [1.807, 2.05) is 24.3 Å². The number of benzene rings is 2. The molecule has 0 radical (unpaired) electrons. The third-order valence-corrected chi connectivity index (χ3v) is 3.76. The average Bonchev–Trinajstić information content (AvgIpc) is 2.61. The van der Waals surface area contributed by atoms with Gasteiger partial charge in [-0.3, -0.25) is 0 Å². The van der Waals surface area contributed by atoms with Crippen LogP contribution in [0.3, 0.4) is 0 Å². The number of hydrogen-bond acceptors (Lipinski definition) is 0. The first kappa shape index (κ1) is 17.0. The highest BCUT2D eigenvalue weighted by molar-refractivity contribution is 5.60. The lowest BCUT2D eigenvalue weighted by Crippen LogP contribution is -1.82. The topological polar surface area (TPSA) is 0 Å². The van der Waals surface area contributed by atoms with Crippen molar-refractivity contribution >= 4 is 5.83 Å². The molecule has 0 saturated carbocycles. The lowest BCUT2D eigenvalue weighted by Gasteiger charge is -1.99. The maximum Gasteiger partial charge on any atom is 0.126 e. The van der Waals surface area contributed by atoms with Crippen LogP contribution in [0.2, 0.25) is 0 Å². The molecule has 2 aromatic carbocycles. The van der Waals surface area contributed by atoms with Gasteiger partial charge < -0.3 is 0 Å². The van der Waals surface area contributed by atoms with Gasteiger partial charge in [0.1, 0.15) is 5.83 Å². The summed E-state index contributed by atoms with van der Waals surface area (Å²) < 4.78 is 13.9. The zero-order chi connectivity index (χ0) is 16.5. The molecular weight excluding hydrogens is 283 g/mol. The number of halogens is 1. The third kappa shape index (κ3) is 5.42. The van der Waals surface area contributed by atoms with Crippen molar-refractivity contribution in [2.75, 3.05) is 0 Å². The van der Waals surface area contributed by atoms with Crippen molar-refractivity contribution in [3.05, 3.63) is 76.9 Å². The highest BCUT2D eigenvalue weighted by Crippen LogP contribution is 2.18. The molecule has 2 aromatic rings. The van der Waals surface area contributed by atoms with E-state index in [0.29, 0.717) is 5.56 Å². The third-order valence-electron chi connectivity index (χ3n) is 3.76. The second-order valence-electron chi connectivity index (χ2n) is 5.57. The van der Waals surface area contributed by atoms with E-state index < -0.39 is 0 Å². The largest absolute Gasteiger partial charge is 0.207 e. The minimum atomic E-state index is -0.145. The molecule has 0 heterocycles. The normalized spacial score (nSPS) is 11.0. The van der Waals surface area contributed by atoms with E-state index in [4.69, 9.17) is 0 Å². The van der Waals surface area contributed by atoms with Crippen LogP contribution in [0.5, 0.6) is 0 Å². The Morgan fingerprint density at radius 2 is 1.48 bits per heavy atom. The first-order chi connectivity index (χ1) is 11.2. The van der Waals surface area contributed by atoms with E-state index in [0.717, 1.165) is 36.8 Å². The highest BCUT2D eigenvalue weighted by Gasteiger charge is 1.99. The Kier molecular flexibility index (Phi) is 6.63. The molecule has 0 atom stereocenters. The van der Waals surface area contributed by atoms with Crippen LogP contribution in [0.4, 0.5) is 4.39 Å². The maximum atomic E-state index is 13.9. The second-order valence-corrected chi connectivity index (χ2v) is 5.57. The second kappa shape index (κ2) is 8.96. The lowest BCUT2D eigenvalue weighted by molar-refractivity contribution is 0.741. The summed E-state index contributed by atoms with van der Waals surface area (Å²) in [5.41, 5.74) is 3.83. The van der Waals surface area contributed by atoms with Crippen LogP contribution < -0.4 is 0 Å². The molecule has 0 aliphatic rings. The SMILES string of the molecule is CCCCC=C(F)c1ccc(C#Cc2ccc(CC)cc2)cc1. The van der Waals surface area contributed by atoms with Crippen LogP contribution in [0, 0.1) is 11.8 Å². The van der Waals surface area contributed by atoms with Gasteiger partial charge in [-0.25, -0.2) is 4.39 Å². The minimum absolute atomic E-state index is 0.145. The summed E-state index contributed by atoms with van der Waals surface area (Å²) in [6, 6.07) is 15.6. The van der Waals surface area contributed by atoms with Gasteiger partial charge in [-0.05, 0) is 55.2 Å². The van der Waals surface area contributed by atoms with Crippen LogP contribution in [0.25, 0.3) is 5.83 Å². The molecule has 1 heteroatoms. The Morgan fingerprint density at radius 3 is 2.00 bits per heavy atom. The molecule has 0 amide bonds. The standard InChI is InChI=1S/C22H23F/c1-3-5-6-7-22(23)21-16-14-20(15-17-21)13-12-19-10-8-18(4-2)9-11-19/h7-11,14-17H,3-6H2,1-2H3. The Balaban J connectivity index is 2.05. The summed E-state index contributed by atoms with van der Waals surface area (Å²) in [5.74, 6) is 6.12. The van der Waals surface area contributed by atoms with E-state index in [-0.39, 0.29) is 5.83 Å². The van der Waals surface area contributed by atoms with Crippen molar-refractivity contribution in [3.63, 3.8) is 0 Å². The minimum Gasteiger partial charge on any atom is -0.207 e. The average molecular weight is 306 g/mol. The summed E-state index contributed by atoms with van der Waals surface area (Å²) in [4.78, 5) is 0. The summed E-state index contributed by atoms with van der Waals surface area (Å²) in [6.07, 6.45) is 5.59. The molecule has 118 valence electrons. The maximum absolute atomic E-state index is 13.9. The molecule has 0 aliphatic carbocycles. The van der Waals surface area contributed by atoms with E-state index in [1.54, 1.807) is 18.2 Å². The van der Waals surface area contributed by atoms with E-state index in [1.165, 1.54) is 5.56 Å². The van der Waals surface area contributed by atoms with Crippen LogP contribution in [0.15, 0.2) is 54.6 Å². The van der Waals surface area contributed by atoms with Gasteiger partial charge in [-0.15, -0.1) is 0 Å². The van der Waals surface area contributed by atoms with Gasteiger partial charge >= 0.3 is 0 Å². The van der Waals surface area contributed by atoms with Gasteiger partial charge in [-0.2, -0.15) is 0 Å². The summed E-state index contributed by atoms with van der Waals surface area (Å²) in [7, 11) is 0. The molecular formula is C22H23F. The fourth-order valence-corrected chi connectivity index (χ4v) is 2.23. The van der Waals surface area contributed by atoms with E-state index in [2.05, 4.69) is 37.8 Å². The predicted molar refractivity (Wildman–Crippen MR) is 96.9 cm³/mol. The number of allylic oxidation sites excluding steroid dienone is 1. The Bertz CT molecular complexity index is 694. The van der Waals surface area contributed by atoms with Gasteiger partial charge in [0.2, 0.25) is 0 Å². The van der Waals surface area contributed by atoms with Crippen LogP contribution in [-0.2, 0) is 6.42 Å². The predicted octanol–water partition coefficient (Wildman–Crippen LogP) is 6.15. The fraction of sp³-hybridized carbons (Fsp3) is 0.273. The molecule has 0 bridgehead atoms.